The molecule has 0 saturated carbocycles. The summed E-state index contributed by atoms with van der Waals surface area (Å²) in [6.07, 6.45) is 3.49. The number of rotatable bonds is 4. The largest absolute Gasteiger partial charge is 0.349 e. The normalized spacial score (nSPS) is 11.4. The van der Waals surface area contributed by atoms with Crippen LogP contribution in [0.1, 0.15) is 30.9 Å². The average Bonchev–Trinajstić information content (AvgIpc) is 2.33. The molecule has 0 aliphatic heterocycles. The molecule has 18 heavy (non-hydrogen) atoms. The van der Waals surface area contributed by atoms with Gasteiger partial charge in [0.2, 0.25) is 5.91 Å². The van der Waals surface area contributed by atoms with Gasteiger partial charge in [0.1, 0.15) is 7.85 Å². The second-order valence-corrected chi connectivity index (χ2v) is 4.92. The SMILES string of the molecule is Bc1ccc(C)c(/C(=C\C)CCC(=O)N(C)C)c1. The lowest BCUT2D eigenvalue weighted by molar-refractivity contribution is -0.128. The van der Waals surface area contributed by atoms with Crippen molar-refractivity contribution in [2.45, 2.75) is 26.7 Å². The molecule has 1 aromatic rings. The standard InChI is InChI=1S/C15H22BNO/c1-5-12(7-9-15(18)17(3)4)14-10-13(16)8-6-11(14)2/h5-6,8,10H,7,9,16H2,1-4H3/b12-5-. The van der Waals surface area contributed by atoms with Crippen LogP contribution in [0.2, 0.25) is 0 Å². The number of carbonyl (C=O) groups excluding carboxylic acids is 1. The highest BCUT2D eigenvalue weighted by atomic mass is 16.2. The molecule has 0 spiro atoms. The molecule has 0 unspecified atom stereocenters. The van der Waals surface area contributed by atoms with Crippen molar-refractivity contribution >= 4 is 24.8 Å². The number of benzene rings is 1. The molecule has 0 saturated heterocycles. The quantitative estimate of drug-likeness (QED) is 0.734. The van der Waals surface area contributed by atoms with E-state index >= 15 is 0 Å². The smallest absolute Gasteiger partial charge is 0.222 e. The van der Waals surface area contributed by atoms with Crippen molar-refractivity contribution < 1.29 is 4.79 Å². The van der Waals surface area contributed by atoms with Crippen LogP contribution in [0.25, 0.3) is 5.57 Å². The van der Waals surface area contributed by atoms with E-state index in [2.05, 4.69) is 39.0 Å². The van der Waals surface area contributed by atoms with Gasteiger partial charge >= 0.3 is 0 Å². The van der Waals surface area contributed by atoms with Crippen molar-refractivity contribution in [3.05, 3.63) is 35.4 Å². The Morgan fingerprint density at radius 3 is 2.56 bits per heavy atom. The van der Waals surface area contributed by atoms with Crippen LogP contribution < -0.4 is 5.46 Å². The van der Waals surface area contributed by atoms with Crippen molar-refractivity contribution in [3.63, 3.8) is 0 Å². The highest BCUT2D eigenvalue weighted by Crippen LogP contribution is 2.22. The van der Waals surface area contributed by atoms with Crippen LogP contribution in [-0.4, -0.2) is 32.7 Å². The van der Waals surface area contributed by atoms with Gasteiger partial charge in [0.05, 0.1) is 0 Å². The van der Waals surface area contributed by atoms with Crippen molar-refractivity contribution in [2.24, 2.45) is 0 Å². The van der Waals surface area contributed by atoms with Crippen LogP contribution in [-0.2, 0) is 4.79 Å². The summed E-state index contributed by atoms with van der Waals surface area (Å²) >= 11 is 0. The number of nitrogens with zero attached hydrogens (tertiary/aromatic N) is 1. The van der Waals surface area contributed by atoms with E-state index in [-0.39, 0.29) is 5.91 Å². The van der Waals surface area contributed by atoms with E-state index in [0.717, 1.165) is 6.42 Å². The summed E-state index contributed by atoms with van der Waals surface area (Å²) < 4.78 is 0. The summed E-state index contributed by atoms with van der Waals surface area (Å²) in [5.74, 6) is 0.180. The number of hydrogen-bond donors (Lipinski definition) is 0. The van der Waals surface area contributed by atoms with Gasteiger partial charge < -0.3 is 4.90 Å². The van der Waals surface area contributed by atoms with Gasteiger partial charge in [-0.25, -0.2) is 0 Å². The van der Waals surface area contributed by atoms with Crippen LogP contribution in [0.5, 0.6) is 0 Å². The van der Waals surface area contributed by atoms with Gasteiger partial charge in [0.15, 0.2) is 0 Å². The lowest BCUT2D eigenvalue weighted by atomic mass is 9.88. The molecule has 0 aromatic heterocycles. The van der Waals surface area contributed by atoms with Crippen LogP contribution in [0.15, 0.2) is 24.3 Å². The van der Waals surface area contributed by atoms with Gasteiger partial charge in [-0.1, -0.05) is 29.7 Å². The monoisotopic (exact) mass is 243 g/mol. The minimum absolute atomic E-state index is 0.180. The second-order valence-electron chi connectivity index (χ2n) is 4.92. The molecule has 0 aliphatic carbocycles. The zero-order valence-corrected chi connectivity index (χ0v) is 12.1. The molecular formula is C15H22BNO. The fourth-order valence-corrected chi connectivity index (χ4v) is 1.98. The lowest BCUT2D eigenvalue weighted by Crippen LogP contribution is -2.21. The molecule has 0 radical (unpaired) electrons. The highest BCUT2D eigenvalue weighted by molar-refractivity contribution is 6.32. The zero-order chi connectivity index (χ0) is 13.7. The van der Waals surface area contributed by atoms with Crippen molar-refractivity contribution in [1.82, 2.24) is 4.90 Å². The van der Waals surface area contributed by atoms with Crippen LogP contribution in [0.3, 0.4) is 0 Å². The fourth-order valence-electron chi connectivity index (χ4n) is 1.98. The summed E-state index contributed by atoms with van der Waals surface area (Å²) in [4.78, 5) is 13.3. The summed E-state index contributed by atoms with van der Waals surface area (Å²) in [5, 5.41) is 0. The molecule has 3 heteroatoms. The minimum Gasteiger partial charge on any atom is -0.349 e. The maximum atomic E-state index is 11.6. The molecule has 1 aromatic carbocycles. The molecule has 0 bridgehead atoms. The van der Waals surface area contributed by atoms with Gasteiger partial charge in [-0.05, 0) is 37.0 Å². The molecule has 0 heterocycles. The van der Waals surface area contributed by atoms with Gasteiger partial charge in [-0.3, -0.25) is 4.79 Å². The van der Waals surface area contributed by atoms with Crippen LogP contribution in [0.4, 0.5) is 0 Å². The van der Waals surface area contributed by atoms with E-state index in [9.17, 15) is 4.79 Å². The Kier molecular flexibility index (Phi) is 5.20. The van der Waals surface area contributed by atoms with E-state index in [0.29, 0.717) is 6.42 Å². The van der Waals surface area contributed by atoms with Crippen molar-refractivity contribution in [2.75, 3.05) is 14.1 Å². The molecule has 2 nitrogen and oxygen atoms in total. The first-order valence-corrected chi connectivity index (χ1v) is 6.38. The Morgan fingerprint density at radius 1 is 1.33 bits per heavy atom. The molecule has 0 N–H and O–H groups in total. The first-order chi connectivity index (χ1) is 8.45. The number of hydrogen-bond acceptors (Lipinski definition) is 1. The summed E-state index contributed by atoms with van der Waals surface area (Å²) in [5.41, 5.74) is 5.05. The first kappa shape index (κ1) is 14.6. The van der Waals surface area contributed by atoms with Crippen LogP contribution >= 0.6 is 0 Å². The van der Waals surface area contributed by atoms with E-state index in [1.165, 1.54) is 22.2 Å². The van der Waals surface area contributed by atoms with Crippen molar-refractivity contribution in [3.8, 4) is 0 Å². The van der Waals surface area contributed by atoms with E-state index < -0.39 is 0 Å². The highest BCUT2D eigenvalue weighted by Gasteiger charge is 2.09. The van der Waals surface area contributed by atoms with Crippen molar-refractivity contribution in [1.29, 1.82) is 0 Å². The number of allylic oxidation sites excluding steroid dienone is 2. The number of carbonyl (C=O) groups is 1. The maximum Gasteiger partial charge on any atom is 0.222 e. The van der Waals surface area contributed by atoms with E-state index in [1.807, 2.05) is 6.92 Å². The first-order valence-electron chi connectivity index (χ1n) is 6.38. The fraction of sp³-hybridized carbons (Fsp3) is 0.400. The zero-order valence-electron chi connectivity index (χ0n) is 12.1. The Morgan fingerprint density at radius 2 is 2.00 bits per heavy atom. The molecular weight excluding hydrogens is 221 g/mol. The number of amides is 1. The lowest BCUT2D eigenvalue weighted by Gasteiger charge is -2.14. The Labute approximate surface area is 111 Å². The predicted octanol–water partition coefficient (Wildman–Crippen LogP) is 1.53. The summed E-state index contributed by atoms with van der Waals surface area (Å²) in [6.45, 7) is 4.16. The molecule has 96 valence electrons. The summed E-state index contributed by atoms with van der Waals surface area (Å²) in [6, 6.07) is 6.46. The Bertz CT molecular complexity index is 464. The van der Waals surface area contributed by atoms with E-state index in [4.69, 9.17) is 0 Å². The number of aryl methyl sites for hydroxylation is 1. The van der Waals surface area contributed by atoms with Gasteiger partial charge in [0, 0.05) is 20.5 Å². The molecule has 1 rings (SSSR count). The summed E-state index contributed by atoms with van der Waals surface area (Å²) in [7, 11) is 5.70. The van der Waals surface area contributed by atoms with E-state index in [1.54, 1.807) is 19.0 Å². The van der Waals surface area contributed by atoms with Gasteiger partial charge in [-0.15, -0.1) is 0 Å². The van der Waals surface area contributed by atoms with Gasteiger partial charge in [-0.2, -0.15) is 0 Å². The van der Waals surface area contributed by atoms with Gasteiger partial charge in [0.25, 0.3) is 0 Å². The maximum absolute atomic E-state index is 11.6. The average molecular weight is 243 g/mol. The molecule has 0 atom stereocenters. The third-order valence-corrected chi connectivity index (χ3v) is 3.19. The Hall–Kier alpha value is -1.51. The third-order valence-electron chi connectivity index (χ3n) is 3.19. The second kappa shape index (κ2) is 6.43. The molecule has 0 fully saturated rings. The molecule has 1 amide bonds. The molecule has 0 aliphatic rings. The van der Waals surface area contributed by atoms with Crippen LogP contribution in [0, 0.1) is 6.92 Å². The topological polar surface area (TPSA) is 20.3 Å². The third kappa shape index (κ3) is 3.76. The predicted molar refractivity (Wildman–Crippen MR) is 80.9 cm³/mol. The minimum atomic E-state index is 0.180. The Balaban J connectivity index is 2.85.